The van der Waals surface area contributed by atoms with Crippen LogP contribution in [0, 0.1) is 13.8 Å². The summed E-state index contributed by atoms with van der Waals surface area (Å²) in [6, 6.07) is 13.6. The molecular weight excluding hydrogens is 316 g/mol. The number of carbonyl (C=O) groups is 1. The van der Waals surface area contributed by atoms with Crippen LogP contribution in [-0.2, 0) is 9.53 Å². The third kappa shape index (κ3) is 6.12. The summed E-state index contributed by atoms with van der Waals surface area (Å²) >= 11 is 0. The first-order chi connectivity index (χ1) is 12.1. The van der Waals surface area contributed by atoms with Gasteiger partial charge < -0.3 is 20.1 Å². The fraction of sp³-hybridized carbons (Fsp3) is 0.350. The zero-order valence-corrected chi connectivity index (χ0v) is 15.1. The van der Waals surface area contributed by atoms with Crippen molar-refractivity contribution >= 4 is 17.3 Å². The summed E-state index contributed by atoms with van der Waals surface area (Å²) in [6.45, 7) is 7.78. The van der Waals surface area contributed by atoms with Crippen LogP contribution < -0.4 is 15.4 Å². The number of anilines is 2. The Morgan fingerprint density at radius 2 is 1.84 bits per heavy atom. The summed E-state index contributed by atoms with van der Waals surface area (Å²) < 4.78 is 11.0. The van der Waals surface area contributed by atoms with Crippen LogP contribution in [0.5, 0.6) is 5.75 Å². The van der Waals surface area contributed by atoms with E-state index in [0.29, 0.717) is 25.6 Å². The normalized spacial score (nSPS) is 10.4. The van der Waals surface area contributed by atoms with Crippen LogP contribution >= 0.6 is 0 Å². The van der Waals surface area contributed by atoms with Gasteiger partial charge >= 0.3 is 0 Å². The van der Waals surface area contributed by atoms with Gasteiger partial charge in [-0.2, -0.15) is 0 Å². The minimum atomic E-state index is -0.0992. The number of ether oxygens (including phenoxy) is 2. The lowest BCUT2D eigenvalue weighted by atomic mass is 10.1. The zero-order chi connectivity index (χ0) is 18.1. The number of aryl methyl sites for hydroxylation is 2. The van der Waals surface area contributed by atoms with E-state index in [1.54, 1.807) is 0 Å². The van der Waals surface area contributed by atoms with Gasteiger partial charge in [-0.15, -0.1) is 0 Å². The van der Waals surface area contributed by atoms with E-state index in [1.165, 1.54) is 0 Å². The van der Waals surface area contributed by atoms with Crippen LogP contribution in [0.15, 0.2) is 42.5 Å². The Bertz CT molecular complexity index is 701. The Morgan fingerprint density at radius 3 is 2.64 bits per heavy atom. The fourth-order valence-corrected chi connectivity index (χ4v) is 2.33. The Labute approximate surface area is 149 Å². The first-order valence-electron chi connectivity index (χ1n) is 8.50. The van der Waals surface area contributed by atoms with Crippen LogP contribution in [0.4, 0.5) is 11.4 Å². The van der Waals surface area contributed by atoms with Crippen molar-refractivity contribution in [3.8, 4) is 5.75 Å². The minimum absolute atomic E-state index is 0.0992. The molecule has 2 aromatic rings. The molecule has 134 valence electrons. The molecule has 0 bridgehead atoms. The molecule has 2 N–H and O–H groups in total. The highest BCUT2D eigenvalue weighted by Crippen LogP contribution is 2.23. The third-order valence-electron chi connectivity index (χ3n) is 3.68. The van der Waals surface area contributed by atoms with Crippen LogP contribution in [0.3, 0.4) is 0 Å². The number of nitrogens with one attached hydrogen (secondary N) is 2. The predicted octanol–water partition coefficient (Wildman–Crippen LogP) is 3.77. The molecule has 5 nitrogen and oxygen atoms in total. The lowest BCUT2D eigenvalue weighted by Crippen LogP contribution is -2.22. The standard InChI is InChI=1S/C20H26N2O3/c1-4-24-11-12-25-19-8-6-5-7-17(19)21-14-20(23)22-18-13-15(2)9-10-16(18)3/h5-10,13,21H,4,11-12,14H2,1-3H3,(H,22,23). The predicted molar refractivity (Wildman–Crippen MR) is 101 cm³/mol. The van der Waals surface area contributed by atoms with Gasteiger partial charge in [0.25, 0.3) is 0 Å². The average molecular weight is 342 g/mol. The van der Waals surface area contributed by atoms with Crippen LogP contribution in [0.1, 0.15) is 18.1 Å². The van der Waals surface area contributed by atoms with E-state index < -0.39 is 0 Å². The fourth-order valence-electron chi connectivity index (χ4n) is 2.33. The average Bonchev–Trinajstić information content (AvgIpc) is 2.61. The lowest BCUT2D eigenvalue weighted by molar-refractivity contribution is -0.114. The van der Waals surface area contributed by atoms with Gasteiger partial charge in [-0.05, 0) is 50.1 Å². The molecule has 0 saturated carbocycles. The van der Waals surface area contributed by atoms with E-state index in [0.717, 1.165) is 22.5 Å². The van der Waals surface area contributed by atoms with Gasteiger partial charge in [0.05, 0.1) is 18.8 Å². The van der Waals surface area contributed by atoms with Crippen molar-refractivity contribution in [1.82, 2.24) is 0 Å². The van der Waals surface area contributed by atoms with Crippen molar-refractivity contribution in [3.05, 3.63) is 53.6 Å². The summed E-state index contributed by atoms with van der Waals surface area (Å²) in [4.78, 5) is 12.2. The summed E-state index contributed by atoms with van der Waals surface area (Å²) in [5.41, 5.74) is 3.78. The van der Waals surface area contributed by atoms with E-state index in [1.807, 2.05) is 63.2 Å². The van der Waals surface area contributed by atoms with Gasteiger partial charge in [0, 0.05) is 12.3 Å². The molecule has 1 amide bonds. The molecule has 2 rings (SSSR count). The molecule has 0 spiro atoms. The molecule has 25 heavy (non-hydrogen) atoms. The second-order valence-electron chi connectivity index (χ2n) is 5.76. The highest BCUT2D eigenvalue weighted by molar-refractivity contribution is 5.94. The molecule has 0 radical (unpaired) electrons. The van der Waals surface area contributed by atoms with Gasteiger partial charge in [-0.1, -0.05) is 24.3 Å². The second-order valence-corrected chi connectivity index (χ2v) is 5.76. The molecular formula is C20H26N2O3. The first kappa shape index (κ1) is 18.8. The quantitative estimate of drug-likeness (QED) is 0.681. The maximum atomic E-state index is 12.2. The van der Waals surface area contributed by atoms with E-state index >= 15 is 0 Å². The number of benzene rings is 2. The highest BCUT2D eigenvalue weighted by Gasteiger charge is 2.07. The maximum absolute atomic E-state index is 12.2. The maximum Gasteiger partial charge on any atom is 0.243 e. The van der Waals surface area contributed by atoms with Crippen molar-refractivity contribution in [2.24, 2.45) is 0 Å². The van der Waals surface area contributed by atoms with Gasteiger partial charge in [0.2, 0.25) is 5.91 Å². The van der Waals surface area contributed by atoms with Crippen LogP contribution in [-0.4, -0.2) is 32.3 Å². The van der Waals surface area contributed by atoms with E-state index in [9.17, 15) is 4.79 Å². The highest BCUT2D eigenvalue weighted by atomic mass is 16.5. The van der Waals surface area contributed by atoms with E-state index in [2.05, 4.69) is 10.6 Å². The SMILES string of the molecule is CCOCCOc1ccccc1NCC(=O)Nc1cc(C)ccc1C. The monoisotopic (exact) mass is 342 g/mol. The molecule has 0 atom stereocenters. The molecule has 2 aromatic carbocycles. The third-order valence-corrected chi connectivity index (χ3v) is 3.68. The Kier molecular flexibility index (Phi) is 7.29. The van der Waals surface area contributed by atoms with Crippen molar-refractivity contribution < 1.29 is 14.3 Å². The van der Waals surface area contributed by atoms with Crippen molar-refractivity contribution in [3.63, 3.8) is 0 Å². The lowest BCUT2D eigenvalue weighted by Gasteiger charge is -2.14. The van der Waals surface area contributed by atoms with Gasteiger partial charge in [-0.25, -0.2) is 0 Å². The second kappa shape index (κ2) is 9.69. The number of rotatable bonds is 9. The number of hydrogen-bond donors (Lipinski definition) is 2. The van der Waals surface area contributed by atoms with Gasteiger partial charge in [0.1, 0.15) is 12.4 Å². The zero-order valence-electron chi connectivity index (χ0n) is 15.1. The minimum Gasteiger partial charge on any atom is -0.489 e. The summed E-state index contributed by atoms with van der Waals surface area (Å²) in [5.74, 6) is 0.611. The summed E-state index contributed by atoms with van der Waals surface area (Å²) in [6.07, 6.45) is 0. The largest absolute Gasteiger partial charge is 0.489 e. The molecule has 0 heterocycles. The van der Waals surface area contributed by atoms with Crippen molar-refractivity contribution in [2.45, 2.75) is 20.8 Å². The smallest absolute Gasteiger partial charge is 0.243 e. The van der Waals surface area contributed by atoms with Crippen molar-refractivity contribution in [2.75, 3.05) is 37.0 Å². The van der Waals surface area contributed by atoms with Crippen LogP contribution in [0.25, 0.3) is 0 Å². The summed E-state index contributed by atoms with van der Waals surface area (Å²) in [5, 5.41) is 6.07. The number of amides is 1. The molecule has 0 aliphatic rings. The number of carbonyl (C=O) groups excluding carboxylic acids is 1. The number of hydrogen-bond acceptors (Lipinski definition) is 4. The first-order valence-corrected chi connectivity index (χ1v) is 8.50. The number of para-hydroxylation sites is 2. The van der Waals surface area contributed by atoms with Gasteiger partial charge in [0.15, 0.2) is 0 Å². The van der Waals surface area contributed by atoms with E-state index in [4.69, 9.17) is 9.47 Å². The molecule has 0 saturated heterocycles. The van der Waals surface area contributed by atoms with Crippen molar-refractivity contribution in [1.29, 1.82) is 0 Å². The molecule has 5 heteroatoms. The molecule has 0 unspecified atom stereocenters. The van der Waals surface area contributed by atoms with Gasteiger partial charge in [-0.3, -0.25) is 4.79 Å². The van der Waals surface area contributed by atoms with Crippen LogP contribution in [0.2, 0.25) is 0 Å². The molecule has 0 fully saturated rings. The van der Waals surface area contributed by atoms with E-state index in [-0.39, 0.29) is 12.5 Å². The summed E-state index contributed by atoms with van der Waals surface area (Å²) in [7, 11) is 0. The Balaban J connectivity index is 1.90. The topological polar surface area (TPSA) is 59.6 Å². The molecule has 0 aliphatic heterocycles. The Morgan fingerprint density at radius 1 is 1.04 bits per heavy atom. The Hall–Kier alpha value is -2.53. The molecule has 0 aromatic heterocycles. The molecule has 0 aliphatic carbocycles.